The van der Waals surface area contributed by atoms with Gasteiger partial charge in [0.2, 0.25) is 0 Å². The lowest BCUT2D eigenvalue weighted by atomic mass is 9.45. The van der Waals surface area contributed by atoms with E-state index in [0.29, 0.717) is 11.8 Å². The van der Waals surface area contributed by atoms with Crippen LogP contribution in [0.4, 0.5) is 0 Å². The van der Waals surface area contributed by atoms with Crippen LogP contribution < -0.4 is 0 Å². The molecule has 0 aliphatic heterocycles. The highest BCUT2D eigenvalue weighted by Gasteiger charge is 2.61. The van der Waals surface area contributed by atoms with Crippen molar-refractivity contribution in [2.45, 2.75) is 84.8 Å². The van der Waals surface area contributed by atoms with Crippen molar-refractivity contribution in [1.29, 1.82) is 0 Å². The van der Waals surface area contributed by atoms with Crippen LogP contribution >= 0.6 is 0 Å². The van der Waals surface area contributed by atoms with Crippen LogP contribution in [0.25, 0.3) is 0 Å². The van der Waals surface area contributed by atoms with Gasteiger partial charge in [0.25, 0.3) is 0 Å². The first-order valence-corrected chi connectivity index (χ1v) is 9.02. The molecule has 2 unspecified atom stereocenters. The highest BCUT2D eigenvalue weighted by atomic mass is 16.6. The van der Waals surface area contributed by atoms with Crippen LogP contribution in [0.15, 0.2) is 0 Å². The van der Waals surface area contributed by atoms with Crippen molar-refractivity contribution in [3.63, 3.8) is 0 Å². The molecular formula is C19H32O3. The molecule has 4 rings (SSSR count). The van der Waals surface area contributed by atoms with Crippen LogP contribution in [-0.2, 0) is 9.53 Å². The van der Waals surface area contributed by atoms with E-state index in [1.54, 1.807) is 0 Å². The minimum atomic E-state index is -0.438. The second-order valence-corrected chi connectivity index (χ2v) is 9.38. The smallest absolute Gasteiger partial charge is 0.312 e. The Kier molecular flexibility index (Phi) is 3.67. The molecule has 3 heteroatoms. The van der Waals surface area contributed by atoms with E-state index in [4.69, 9.17) is 4.74 Å². The molecule has 4 bridgehead atoms. The molecule has 0 aromatic carbocycles. The Labute approximate surface area is 134 Å². The second kappa shape index (κ2) is 4.96. The normalized spacial score (nSPS) is 40.8. The summed E-state index contributed by atoms with van der Waals surface area (Å²) in [6, 6.07) is 0. The second-order valence-electron chi connectivity index (χ2n) is 9.38. The van der Waals surface area contributed by atoms with Crippen LogP contribution in [0, 0.1) is 28.6 Å². The molecule has 3 nitrogen and oxygen atoms in total. The summed E-state index contributed by atoms with van der Waals surface area (Å²) in [5, 5.41) is 10.4. The van der Waals surface area contributed by atoms with E-state index in [9.17, 15) is 9.90 Å². The Morgan fingerprint density at radius 3 is 2.18 bits per heavy atom. The van der Waals surface area contributed by atoms with Crippen molar-refractivity contribution >= 4 is 5.97 Å². The maximum absolute atomic E-state index is 12.6. The average molecular weight is 308 g/mol. The third kappa shape index (κ3) is 2.31. The summed E-state index contributed by atoms with van der Waals surface area (Å²) in [6.07, 6.45) is 6.22. The van der Waals surface area contributed by atoms with Gasteiger partial charge in [-0.15, -0.1) is 0 Å². The van der Waals surface area contributed by atoms with Crippen molar-refractivity contribution < 1.29 is 14.6 Å². The number of carbonyl (C=O) groups excluding carboxylic acids is 1. The zero-order valence-electron chi connectivity index (χ0n) is 14.8. The minimum absolute atomic E-state index is 0.0716. The average Bonchev–Trinajstić information content (AvgIpc) is 2.43. The molecule has 4 aliphatic carbocycles. The lowest BCUT2D eigenvalue weighted by molar-refractivity contribution is -0.222. The molecule has 0 aromatic rings. The largest absolute Gasteiger partial charge is 0.459 e. The summed E-state index contributed by atoms with van der Waals surface area (Å²) < 4.78 is 6.09. The Balaban J connectivity index is 1.82. The molecule has 22 heavy (non-hydrogen) atoms. The Hall–Kier alpha value is -0.570. The van der Waals surface area contributed by atoms with Crippen LogP contribution in [0.5, 0.6) is 0 Å². The maximum Gasteiger partial charge on any atom is 0.312 e. The summed E-state index contributed by atoms with van der Waals surface area (Å²) in [4.78, 5) is 12.6. The molecule has 0 spiro atoms. The Bertz CT molecular complexity index is 449. The van der Waals surface area contributed by atoms with Gasteiger partial charge in [-0.3, -0.25) is 4.79 Å². The van der Waals surface area contributed by atoms with Gasteiger partial charge in [0, 0.05) is 5.41 Å². The third-order valence-electron chi connectivity index (χ3n) is 7.28. The monoisotopic (exact) mass is 308 g/mol. The summed E-state index contributed by atoms with van der Waals surface area (Å²) in [6.45, 7) is 10.2. The molecule has 4 fully saturated rings. The molecule has 0 saturated heterocycles. The van der Waals surface area contributed by atoms with Gasteiger partial charge in [-0.1, -0.05) is 6.92 Å². The summed E-state index contributed by atoms with van der Waals surface area (Å²) in [7, 11) is 0. The van der Waals surface area contributed by atoms with Gasteiger partial charge in [0.1, 0.15) is 5.60 Å². The number of aliphatic hydroxyl groups is 1. The molecule has 4 saturated carbocycles. The van der Waals surface area contributed by atoms with Gasteiger partial charge in [-0.2, -0.15) is 0 Å². The molecule has 0 heterocycles. The number of esters is 1. The molecule has 126 valence electrons. The van der Waals surface area contributed by atoms with Gasteiger partial charge < -0.3 is 9.84 Å². The molecule has 2 atom stereocenters. The molecule has 0 radical (unpaired) electrons. The minimum Gasteiger partial charge on any atom is -0.459 e. The van der Waals surface area contributed by atoms with E-state index in [-0.39, 0.29) is 17.5 Å². The highest BCUT2D eigenvalue weighted by molar-refractivity contribution is 5.76. The number of ether oxygens (including phenoxy) is 1. The number of hydrogen-bond acceptors (Lipinski definition) is 3. The van der Waals surface area contributed by atoms with Crippen molar-refractivity contribution in [2.24, 2.45) is 28.6 Å². The highest BCUT2D eigenvalue weighted by Crippen LogP contribution is 2.64. The fourth-order valence-electron chi connectivity index (χ4n) is 5.36. The van der Waals surface area contributed by atoms with Crippen LogP contribution in [0.2, 0.25) is 0 Å². The number of rotatable bonds is 4. The third-order valence-corrected chi connectivity index (χ3v) is 7.28. The van der Waals surface area contributed by atoms with Crippen molar-refractivity contribution in [3.05, 3.63) is 0 Å². The molecule has 1 N–H and O–H groups in total. The number of aliphatic hydroxyl groups excluding tert-OH is 1. The first kappa shape index (κ1) is 16.3. The van der Waals surface area contributed by atoms with Gasteiger partial charge in [-0.05, 0) is 84.0 Å². The summed E-state index contributed by atoms with van der Waals surface area (Å²) >= 11 is 0. The zero-order chi connectivity index (χ0) is 16.3. The first-order valence-electron chi connectivity index (χ1n) is 9.02. The van der Waals surface area contributed by atoms with E-state index in [0.717, 1.165) is 25.2 Å². The number of hydrogen-bond donors (Lipinski definition) is 1. The van der Waals surface area contributed by atoms with Crippen LogP contribution in [0.3, 0.4) is 0 Å². The van der Waals surface area contributed by atoms with E-state index >= 15 is 0 Å². The lowest BCUT2D eigenvalue weighted by Crippen LogP contribution is -2.61. The molecule has 0 amide bonds. The zero-order valence-corrected chi connectivity index (χ0v) is 14.8. The molecular weight excluding hydrogens is 276 g/mol. The quantitative estimate of drug-likeness (QED) is 0.800. The van der Waals surface area contributed by atoms with Gasteiger partial charge >= 0.3 is 5.97 Å². The Morgan fingerprint density at radius 1 is 1.14 bits per heavy atom. The van der Waals surface area contributed by atoms with Gasteiger partial charge in [-0.25, -0.2) is 0 Å². The fraction of sp³-hybridized carbons (Fsp3) is 0.947. The van der Waals surface area contributed by atoms with Gasteiger partial charge in [0.15, 0.2) is 0 Å². The van der Waals surface area contributed by atoms with Crippen molar-refractivity contribution in [3.8, 4) is 0 Å². The lowest BCUT2D eigenvalue weighted by Gasteiger charge is -2.63. The first-order chi connectivity index (χ1) is 10.1. The standard InChI is InChI=1S/C19H32O3/c1-6-17(2,3)16(21)22-18(4,5)19-9-12-7-13(10-19)15(20)14(8-12)11-19/h12-15,20H,6-11H2,1-5H3. The van der Waals surface area contributed by atoms with E-state index < -0.39 is 11.0 Å². The molecule has 0 aromatic heterocycles. The fourth-order valence-corrected chi connectivity index (χ4v) is 5.36. The summed E-state index contributed by atoms with van der Waals surface area (Å²) in [5.41, 5.74) is -0.784. The summed E-state index contributed by atoms with van der Waals surface area (Å²) in [5.74, 6) is 1.49. The topological polar surface area (TPSA) is 46.5 Å². The number of carbonyl (C=O) groups is 1. The van der Waals surface area contributed by atoms with Gasteiger partial charge in [0.05, 0.1) is 11.5 Å². The SMILES string of the molecule is CCC(C)(C)C(=O)OC(C)(C)C12CC3CC(C1)C(O)C(C3)C2. The maximum atomic E-state index is 12.6. The van der Waals surface area contributed by atoms with E-state index in [2.05, 4.69) is 13.8 Å². The van der Waals surface area contributed by atoms with Crippen LogP contribution in [-0.4, -0.2) is 22.8 Å². The van der Waals surface area contributed by atoms with Crippen LogP contribution in [0.1, 0.15) is 73.1 Å². The van der Waals surface area contributed by atoms with E-state index in [1.807, 2.05) is 20.8 Å². The van der Waals surface area contributed by atoms with Crippen molar-refractivity contribution in [2.75, 3.05) is 0 Å². The predicted molar refractivity (Wildman–Crippen MR) is 86.2 cm³/mol. The Morgan fingerprint density at radius 2 is 1.68 bits per heavy atom. The molecule has 4 aliphatic rings. The van der Waals surface area contributed by atoms with Crippen molar-refractivity contribution in [1.82, 2.24) is 0 Å². The predicted octanol–water partition coefficient (Wildman–Crippen LogP) is 3.93. The van der Waals surface area contributed by atoms with E-state index in [1.165, 1.54) is 19.3 Å².